The van der Waals surface area contributed by atoms with Gasteiger partial charge in [0.25, 0.3) is 0 Å². The molecular weight excluding hydrogens is 180 g/mol. The number of carbonyl (C=O) groups excluding carboxylic acids is 1. The minimum absolute atomic E-state index is 0.107. The Labute approximate surface area is 74.5 Å². The van der Waals surface area contributed by atoms with E-state index in [-0.39, 0.29) is 17.5 Å². The second kappa shape index (κ2) is 4.01. The van der Waals surface area contributed by atoms with Crippen molar-refractivity contribution in [3.8, 4) is 0 Å². The van der Waals surface area contributed by atoms with Gasteiger partial charge in [-0.1, -0.05) is 11.6 Å². The summed E-state index contributed by atoms with van der Waals surface area (Å²) in [6, 6.07) is 0. The lowest BCUT2D eigenvalue weighted by atomic mass is 10.2. The largest absolute Gasteiger partial charge is 0.469 e. The molecule has 0 aliphatic carbocycles. The van der Waals surface area contributed by atoms with Gasteiger partial charge in [0.05, 0.1) is 13.5 Å². The SMILES string of the molecule is COC(=O)Cc1cncnc1Cl. The van der Waals surface area contributed by atoms with E-state index in [0.717, 1.165) is 0 Å². The summed E-state index contributed by atoms with van der Waals surface area (Å²) in [5.41, 5.74) is 0.575. The summed E-state index contributed by atoms with van der Waals surface area (Å²) in [6.07, 6.45) is 2.92. The van der Waals surface area contributed by atoms with Crippen molar-refractivity contribution in [3.63, 3.8) is 0 Å². The van der Waals surface area contributed by atoms with Gasteiger partial charge < -0.3 is 4.74 Å². The molecule has 0 bridgehead atoms. The Bertz CT molecular complexity index is 290. The highest BCUT2D eigenvalue weighted by atomic mass is 35.5. The first-order valence-electron chi connectivity index (χ1n) is 3.25. The van der Waals surface area contributed by atoms with Crippen molar-refractivity contribution < 1.29 is 9.53 Å². The number of esters is 1. The molecule has 5 heteroatoms. The van der Waals surface area contributed by atoms with Crippen molar-refractivity contribution in [1.29, 1.82) is 0 Å². The van der Waals surface area contributed by atoms with E-state index < -0.39 is 0 Å². The van der Waals surface area contributed by atoms with Crippen LogP contribution in [-0.4, -0.2) is 23.0 Å². The molecule has 0 aliphatic rings. The summed E-state index contributed by atoms with van der Waals surface area (Å²) in [5, 5.41) is 0.287. The van der Waals surface area contributed by atoms with Crippen LogP contribution in [0.3, 0.4) is 0 Å². The average molecular weight is 187 g/mol. The Hall–Kier alpha value is -1.16. The summed E-state index contributed by atoms with van der Waals surface area (Å²) in [4.78, 5) is 18.2. The van der Waals surface area contributed by atoms with Crippen LogP contribution in [0.5, 0.6) is 0 Å². The summed E-state index contributed by atoms with van der Waals surface area (Å²) in [5.74, 6) is -0.355. The monoisotopic (exact) mass is 186 g/mol. The van der Waals surface area contributed by atoms with Gasteiger partial charge in [-0.05, 0) is 0 Å². The highest BCUT2D eigenvalue weighted by molar-refractivity contribution is 6.30. The van der Waals surface area contributed by atoms with E-state index in [1.54, 1.807) is 0 Å². The van der Waals surface area contributed by atoms with E-state index in [1.807, 2.05) is 0 Å². The van der Waals surface area contributed by atoms with Crippen LogP contribution < -0.4 is 0 Å². The van der Waals surface area contributed by atoms with Gasteiger partial charge in [-0.3, -0.25) is 4.79 Å². The first-order valence-corrected chi connectivity index (χ1v) is 3.63. The van der Waals surface area contributed by atoms with Crippen LogP contribution in [0.1, 0.15) is 5.56 Å². The maximum atomic E-state index is 10.8. The molecule has 0 radical (unpaired) electrons. The smallest absolute Gasteiger partial charge is 0.310 e. The lowest BCUT2D eigenvalue weighted by Gasteiger charge is -1.99. The number of halogens is 1. The molecule has 0 atom stereocenters. The van der Waals surface area contributed by atoms with Gasteiger partial charge in [0.2, 0.25) is 0 Å². The average Bonchev–Trinajstić information content (AvgIpc) is 2.09. The third kappa shape index (κ3) is 2.17. The molecular formula is C7H7ClN2O2. The summed E-state index contributed by atoms with van der Waals surface area (Å²) >= 11 is 5.67. The molecule has 0 N–H and O–H groups in total. The van der Waals surface area contributed by atoms with Crippen molar-refractivity contribution in [2.75, 3.05) is 7.11 Å². The molecule has 0 aromatic carbocycles. The molecule has 0 fully saturated rings. The fourth-order valence-corrected chi connectivity index (χ4v) is 0.849. The molecule has 0 saturated heterocycles. The highest BCUT2D eigenvalue weighted by Crippen LogP contribution is 2.10. The van der Waals surface area contributed by atoms with Crippen LogP contribution in [0.2, 0.25) is 5.15 Å². The Morgan fingerprint density at radius 3 is 3.08 bits per heavy atom. The lowest BCUT2D eigenvalue weighted by molar-refractivity contribution is -0.139. The van der Waals surface area contributed by atoms with E-state index in [9.17, 15) is 4.79 Å². The molecule has 64 valence electrons. The van der Waals surface area contributed by atoms with E-state index in [4.69, 9.17) is 11.6 Å². The molecule has 0 saturated carbocycles. The summed E-state index contributed by atoms with van der Waals surface area (Å²) in [6.45, 7) is 0. The number of hydrogen-bond donors (Lipinski definition) is 0. The van der Waals surface area contributed by atoms with Gasteiger partial charge in [-0.25, -0.2) is 9.97 Å². The molecule has 0 spiro atoms. The molecule has 0 unspecified atom stereocenters. The van der Waals surface area contributed by atoms with E-state index in [0.29, 0.717) is 5.56 Å². The molecule has 0 amide bonds. The molecule has 4 nitrogen and oxygen atoms in total. The number of hydrogen-bond acceptors (Lipinski definition) is 4. The quantitative estimate of drug-likeness (QED) is 0.508. The lowest BCUT2D eigenvalue weighted by Crippen LogP contribution is -2.05. The zero-order valence-electron chi connectivity index (χ0n) is 6.45. The number of rotatable bonds is 2. The van der Waals surface area contributed by atoms with Crippen LogP contribution in [0.15, 0.2) is 12.5 Å². The second-order valence-electron chi connectivity index (χ2n) is 2.09. The Balaban J connectivity index is 2.75. The van der Waals surface area contributed by atoms with Gasteiger partial charge >= 0.3 is 5.97 Å². The molecule has 1 aromatic rings. The fraction of sp³-hybridized carbons (Fsp3) is 0.286. The second-order valence-corrected chi connectivity index (χ2v) is 2.45. The van der Waals surface area contributed by atoms with Gasteiger partial charge in [-0.15, -0.1) is 0 Å². The molecule has 0 aliphatic heterocycles. The van der Waals surface area contributed by atoms with E-state index in [2.05, 4.69) is 14.7 Å². The van der Waals surface area contributed by atoms with Crippen LogP contribution >= 0.6 is 11.6 Å². The van der Waals surface area contributed by atoms with E-state index in [1.165, 1.54) is 19.6 Å². The topological polar surface area (TPSA) is 52.1 Å². The van der Waals surface area contributed by atoms with Gasteiger partial charge in [-0.2, -0.15) is 0 Å². The minimum Gasteiger partial charge on any atom is -0.469 e. The third-order valence-corrected chi connectivity index (χ3v) is 1.64. The highest BCUT2D eigenvalue weighted by Gasteiger charge is 2.06. The third-order valence-electron chi connectivity index (χ3n) is 1.30. The predicted molar refractivity (Wildman–Crippen MR) is 42.8 cm³/mol. The Kier molecular flexibility index (Phi) is 2.99. The van der Waals surface area contributed by atoms with Crippen molar-refractivity contribution in [2.45, 2.75) is 6.42 Å². The molecule has 1 aromatic heterocycles. The molecule has 1 rings (SSSR count). The van der Waals surface area contributed by atoms with Crippen LogP contribution in [0.4, 0.5) is 0 Å². The van der Waals surface area contributed by atoms with Crippen LogP contribution in [0, 0.1) is 0 Å². The van der Waals surface area contributed by atoms with Crippen molar-refractivity contribution in [3.05, 3.63) is 23.2 Å². The first-order chi connectivity index (χ1) is 5.74. The predicted octanol–water partition coefficient (Wildman–Crippen LogP) is 0.846. The first kappa shape index (κ1) is 8.93. The summed E-state index contributed by atoms with van der Waals surface area (Å²) in [7, 11) is 1.32. The molecule has 12 heavy (non-hydrogen) atoms. The molecule has 1 heterocycles. The van der Waals surface area contributed by atoms with Crippen LogP contribution in [-0.2, 0) is 16.0 Å². The number of methoxy groups -OCH3 is 1. The number of nitrogens with zero attached hydrogens (tertiary/aromatic N) is 2. The van der Waals surface area contributed by atoms with Crippen molar-refractivity contribution >= 4 is 17.6 Å². The van der Waals surface area contributed by atoms with Gasteiger partial charge in [0, 0.05) is 11.8 Å². The Morgan fingerprint density at radius 2 is 2.50 bits per heavy atom. The zero-order valence-corrected chi connectivity index (χ0v) is 7.21. The van der Waals surface area contributed by atoms with Crippen LogP contribution in [0.25, 0.3) is 0 Å². The van der Waals surface area contributed by atoms with Gasteiger partial charge in [0.15, 0.2) is 0 Å². The zero-order chi connectivity index (χ0) is 8.97. The van der Waals surface area contributed by atoms with Gasteiger partial charge in [0.1, 0.15) is 11.5 Å². The normalized spacial score (nSPS) is 9.50. The fourth-order valence-electron chi connectivity index (χ4n) is 0.690. The standard InChI is InChI=1S/C7H7ClN2O2/c1-12-6(11)2-5-3-9-4-10-7(5)8/h3-4H,2H2,1H3. The maximum Gasteiger partial charge on any atom is 0.310 e. The van der Waals surface area contributed by atoms with Crippen molar-refractivity contribution in [1.82, 2.24) is 9.97 Å². The number of carbonyl (C=O) groups is 1. The summed E-state index contributed by atoms with van der Waals surface area (Å²) < 4.78 is 4.46. The minimum atomic E-state index is -0.355. The number of aromatic nitrogens is 2. The maximum absolute atomic E-state index is 10.8. The Morgan fingerprint density at radius 1 is 1.75 bits per heavy atom. The van der Waals surface area contributed by atoms with Crippen molar-refractivity contribution in [2.24, 2.45) is 0 Å². The number of ether oxygens (including phenoxy) is 1. The van der Waals surface area contributed by atoms with E-state index >= 15 is 0 Å².